The van der Waals surface area contributed by atoms with Crippen LogP contribution < -0.4 is 10.2 Å². The first kappa shape index (κ1) is 14.8. The summed E-state index contributed by atoms with van der Waals surface area (Å²) in [5.74, 6) is 0. The van der Waals surface area contributed by atoms with Gasteiger partial charge in [0.25, 0.3) is 0 Å². The Kier molecular flexibility index (Phi) is 5.19. The van der Waals surface area contributed by atoms with E-state index in [0.29, 0.717) is 6.04 Å². The molecule has 1 unspecified atom stereocenters. The third-order valence-corrected chi connectivity index (χ3v) is 5.24. The van der Waals surface area contributed by atoms with Gasteiger partial charge in [0, 0.05) is 43.6 Å². The van der Waals surface area contributed by atoms with E-state index < -0.39 is 0 Å². The van der Waals surface area contributed by atoms with Gasteiger partial charge in [-0.05, 0) is 27.3 Å². The Morgan fingerprint density at radius 1 is 1.32 bits per heavy atom. The smallest absolute Gasteiger partial charge is 0.185 e. The number of aromatic nitrogens is 1. The largest absolute Gasteiger partial charge is 0.346 e. The first-order valence-electron chi connectivity index (χ1n) is 7.25. The number of nitrogens with one attached hydrogen (secondary N) is 1. The van der Waals surface area contributed by atoms with Gasteiger partial charge in [0.2, 0.25) is 0 Å². The van der Waals surface area contributed by atoms with Crippen LogP contribution in [0.15, 0.2) is 0 Å². The normalized spacial score (nSPS) is 18.8. The Labute approximate surface area is 120 Å². The number of aryl methyl sites for hydroxylation is 1. The molecule has 0 saturated carbocycles. The topological polar surface area (TPSA) is 31.4 Å². The summed E-state index contributed by atoms with van der Waals surface area (Å²) in [4.78, 5) is 11.1. The predicted molar refractivity (Wildman–Crippen MR) is 83.2 cm³/mol. The van der Waals surface area contributed by atoms with Crippen LogP contribution in [0.2, 0.25) is 0 Å². The second-order valence-corrected chi connectivity index (χ2v) is 6.38. The summed E-state index contributed by atoms with van der Waals surface area (Å²) in [6.07, 6.45) is 1.24. The van der Waals surface area contributed by atoms with Crippen molar-refractivity contribution in [1.82, 2.24) is 15.2 Å². The average Bonchev–Trinajstić information content (AvgIpc) is 2.80. The Bertz CT molecular complexity index is 396. The summed E-state index contributed by atoms with van der Waals surface area (Å²) in [5, 5.41) is 4.41. The molecule has 2 heterocycles. The van der Waals surface area contributed by atoms with Crippen LogP contribution in [-0.2, 0) is 6.54 Å². The van der Waals surface area contributed by atoms with Crippen molar-refractivity contribution < 1.29 is 0 Å². The molecule has 1 aliphatic rings. The molecule has 0 amide bonds. The molecule has 1 N–H and O–H groups in total. The van der Waals surface area contributed by atoms with Crippen LogP contribution in [0, 0.1) is 6.92 Å². The van der Waals surface area contributed by atoms with Crippen molar-refractivity contribution in [1.29, 1.82) is 0 Å². The van der Waals surface area contributed by atoms with Crippen LogP contribution in [-0.4, -0.2) is 49.2 Å². The third kappa shape index (κ3) is 3.46. The van der Waals surface area contributed by atoms with Crippen LogP contribution in [0.25, 0.3) is 0 Å². The van der Waals surface area contributed by atoms with E-state index in [1.54, 1.807) is 0 Å². The lowest BCUT2D eigenvalue weighted by molar-refractivity contribution is 0.193. The molecule has 2 rings (SSSR count). The minimum absolute atomic E-state index is 0.708. The minimum Gasteiger partial charge on any atom is -0.346 e. The highest BCUT2D eigenvalue weighted by Gasteiger charge is 2.22. The van der Waals surface area contributed by atoms with Crippen molar-refractivity contribution in [2.45, 2.75) is 39.8 Å². The molecule has 108 valence electrons. The van der Waals surface area contributed by atoms with E-state index in [1.165, 1.54) is 22.1 Å². The molecule has 0 aromatic carbocycles. The van der Waals surface area contributed by atoms with Crippen molar-refractivity contribution in [2.24, 2.45) is 0 Å². The van der Waals surface area contributed by atoms with E-state index in [1.807, 2.05) is 18.4 Å². The van der Waals surface area contributed by atoms with Gasteiger partial charge in [-0.15, -0.1) is 11.3 Å². The fourth-order valence-corrected chi connectivity index (χ4v) is 3.61. The lowest BCUT2D eigenvalue weighted by Gasteiger charge is -2.37. The fraction of sp³-hybridized carbons (Fsp3) is 0.786. The maximum Gasteiger partial charge on any atom is 0.185 e. The number of hydrogen-bond donors (Lipinski definition) is 1. The average molecular weight is 282 g/mol. The van der Waals surface area contributed by atoms with E-state index in [0.717, 1.165) is 32.7 Å². The van der Waals surface area contributed by atoms with Gasteiger partial charge in [-0.25, -0.2) is 4.98 Å². The molecule has 1 aromatic rings. The first-order valence-corrected chi connectivity index (χ1v) is 8.07. The van der Waals surface area contributed by atoms with Crippen molar-refractivity contribution >= 4 is 16.5 Å². The molecule has 19 heavy (non-hydrogen) atoms. The molecular weight excluding hydrogens is 256 g/mol. The van der Waals surface area contributed by atoms with Crippen molar-refractivity contribution in [3.8, 4) is 0 Å². The maximum atomic E-state index is 4.73. The number of anilines is 1. The molecule has 4 nitrogen and oxygen atoms in total. The summed E-state index contributed by atoms with van der Waals surface area (Å²) in [6.45, 7) is 12.2. The number of piperazine rings is 1. The molecule has 0 bridgehead atoms. The molecule has 1 aromatic heterocycles. The molecule has 1 fully saturated rings. The molecule has 1 aliphatic heterocycles. The van der Waals surface area contributed by atoms with Crippen molar-refractivity contribution in [2.75, 3.05) is 38.1 Å². The summed E-state index contributed by atoms with van der Waals surface area (Å²) >= 11 is 1.84. The Morgan fingerprint density at radius 3 is 2.58 bits per heavy atom. The van der Waals surface area contributed by atoms with Gasteiger partial charge in [-0.3, -0.25) is 4.90 Å². The third-order valence-electron chi connectivity index (χ3n) is 4.02. The van der Waals surface area contributed by atoms with E-state index in [2.05, 4.69) is 35.9 Å². The Balaban J connectivity index is 1.95. The quantitative estimate of drug-likeness (QED) is 0.896. The number of nitrogens with zero attached hydrogens (tertiary/aromatic N) is 3. The lowest BCUT2D eigenvalue weighted by Crippen LogP contribution is -2.49. The maximum absolute atomic E-state index is 4.73. The minimum atomic E-state index is 0.708. The summed E-state index contributed by atoms with van der Waals surface area (Å²) < 4.78 is 0. The summed E-state index contributed by atoms with van der Waals surface area (Å²) in [6, 6.07) is 0.708. The highest BCUT2D eigenvalue weighted by atomic mass is 32.1. The monoisotopic (exact) mass is 282 g/mol. The van der Waals surface area contributed by atoms with Gasteiger partial charge in [-0.1, -0.05) is 6.92 Å². The zero-order chi connectivity index (χ0) is 13.8. The van der Waals surface area contributed by atoms with Gasteiger partial charge in [0.05, 0.1) is 5.69 Å². The van der Waals surface area contributed by atoms with Gasteiger partial charge < -0.3 is 10.2 Å². The predicted octanol–water partition coefficient (Wildman–Crippen LogP) is 2.09. The summed E-state index contributed by atoms with van der Waals surface area (Å²) in [5.41, 5.74) is 1.18. The van der Waals surface area contributed by atoms with E-state index in [-0.39, 0.29) is 0 Å². The van der Waals surface area contributed by atoms with Crippen LogP contribution in [0.5, 0.6) is 0 Å². The second kappa shape index (κ2) is 6.68. The van der Waals surface area contributed by atoms with Gasteiger partial charge >= 0.3 is 0 Å². The lowest BCUT2D eigenvalue weighted by atomic mass is 10.2. The molecule has 0 spiro atoms. The second-order valence-electron chi connectivity index (χ2n) is 5.32. The number of thiazole rings is 1. The van der Waals surface area contributed by atoms with Crippen LogP contribution in [0.1, 0.15) is 30.8 Å². The zero-order valence-electron chi connectivity index (χ0n) is 12.6. The van der Waals surface area contributed by atoms with Gasteiger partial charge in [-0.2, -0.15) is 0 Å². The molecule has 0 radical (unpaired) electrons. The summed E-state index contributed by atoms with van der Waals surface area (Å²) in [7, 11) is 1.99. The Hall–Kier alpha value is -0.650. The van der Waals surface area contributed by atoms with Crippen molar-refractivity contribution in [3.63, 3.8) is 0 Å². The number of hydrogen-bond acceptors (Lipinski definition) is 5. The van der Waals surface area contributed by atoms with Crippen molar-refractivity contribution in [3.05, 3.63) is 10.6 Å². The molecule has 1 atom stereocenters. The van der Waals surface area contributed by atoms with Crippen LogP contribution in [0.4, 0.5) is 5.13 Å². The SMILES string of the molecule is CCC(C)N1CCN(c2nc(C)c(CNC)s2)CC1. The van der Waals surface area contributed by atoms with Crippen LogP contribution >= 0.6 is 11.3 Å². The molecular formula is C14H26N4S. The highest BCUT2D eigenvalue weighted by Crippen LogP contribution is 2.27. The fourth-order valence-electron chi connectivity index (χ4n) is 2.48. The van der Waals surface area contributed by atoms with E-state index in [9.17, 15) is 0 Å². The molecule has 1 saturated heterocycles. The van der Waals surface area contributed by atoms with Gasteiger partial charge in [0.1, 0.15) is 0 Å². The Morgan fingerprint density at radius 2 is 2.00 bits per heavy atom. The van der Waals surface area contributed by atoms with Crippen LogP contribution in [0.3, 0.4) is 0 Å². The highest BCUT2D eigenvalue weighted by molar-refractivity contribution is 7.15. The van der Waals surface area contributed by atoms with E-state index in [4.69, 9.17) is 4.98 Å². The molecule has 5 heteroatoms. The zero-order valence-corrected chi connectivity index (χ0v) is 13.4. The van der Waals surface area contributed by atoms with Gasteiger partial charge in [0.15, 0.2) is 5.13 Å². The standard InChI is InChI=1S/C14H26N4S/c1-5-11(2)17-6-8-18(9-7-17)14-16-12(3)13(19-14)10-15-4/h11,15H,5-10H2,1-4H3. The molecule has 0 aliphatic carbocycles. The van der Waals surface area contributed by atoms with E-state index >= 15 is 0 Å². The number of rotatable bonds is 5. The first-order chi connectivity index (χ1) is 9.15.